The SMILES string of the molecule is CC(C)(CCCc1cc(C(F)(F)F)ccc1F)S(N)=O. The maximum Gasteiger partial charge on any atom is 0.416 e. The highest BCUT2D eigenvalue weighted by molar-refractivity contribution is 7.84. The fourth-order valence-corrected chi connectivity index (χ4v) is 2.09. The van der Waals surface area contributed by atoms with Gasteiger partial charge in [0.2, 0.25) is 0 Å². The molecule has 0 amide bonds. The number of alkyl halides is 3. The highest BCUT2D eigenvalue weighted by Crippen LogP contribution is 2.31. The molecule has 114 valence electrons. The summed E-state index contributed by atoms with van der Waals surface area (Å²) in [5.74, 6) is -0.662. The zero-order valence-electron chi connectivity index (χ0n) is 11.3. The van der Waals surface area contributed by atoms with Crippen molar-refractivity contribution in [1.29, 1.82) is 0 Å². The molecule has 2 N–H and O–H groups in total. The molecule has 1 aromatic carbocycles. The molecule has 1 unspecified atom stereocenters. The van der Waals surface area contributed by atoms with Crippen molar-refractivity contribution in [3.05, 3.63) is 35.1 Å². The van der Waals surface area contributed by atoms with E-state index in [1.165, 1.54) is 0 Å². The third kappa shape index (κ3) is 4.56. The summed E-state index contributed by atoms with van der Waals surface area (Å²) in [6.07, 6.45) is -3.49. The lowest BCUT2D eigenvalue weighted by Gasteiger charge is -2.20. The molecule has 0 bridgehead atoms. The summed E-state index contributed by atoms with van der Waals surface area (Å²) in [5.41, 5.74) is -0.853. The Hall–Kier alpha value is -0.950. The van der Waals surface area contributed by atoms with Gasteiger partial charge in [0.15, 0.2) is 0 Å². The highest BCUT2D eigenvalue weighted by Gasteiger charge is 2.31. The van der Waals surface area contributed by atoms with Crippen LogP contribution in [0, 0.1) is 5.82 Å². The topological polar surface area (TPSA) is 43.1 Å². The molecule has 20 heavy (non-hydrogen) atoms. The molecular weight excluding hydrogens is 294 g/mol. The second-order valence-electron chi connectivity index (χ2n) is 5.21. The second-order valence-corrected chi connectivity index (χ2v) is 6.91. The lowest BCUT2D eigenvalue weighted by molar-refractivity contribution is -0.137. The van der Waals surface area contributed by atoms with Crippen molar-refractivity contribution in [2.45, 2.75) is 44.0 Å². The molecule has 1 rings (SSSR count). The van der Waals surface area contributed by atoms with Gasteiger partial charge in [-0.25, -0.2) is 8.60 Å². The van der Waals surface area contributed by atoms with Crippen molar-refractivity contribution in [2.75, 3.05) is 0 Å². The molecule has 1 atom stereocenters. The summed E-state index contributed by atoms with van der Waals surface area (Å²) in [5, 5.41) is 5.31. The van der Waals surface area contributed by atoms with Crippen LogP contribution in [0.4, 0.5) is 17.6 Å². The minimum absolute atomic E-state index is 0.0124. The lowest BCUT2D eigenvalue weighted by atomic mass is 10.00. The van der Waals surface area contributed by atoms with Crippen molar-refractivity contribution < 1.29 is 21.8 Å². The summed E-state index contributed by atoms with van der Waals surface area (Å²) in [6.45, 7) is 3.40. The van der Waals surface area contributed by atoms with Crippen molar-refractivity contribution >= 4 is 11.0 Å². The van der Waals surface area contributed by atoms with Gasteiger partial charge in [-0.2, -0.15) is 13.2 Å². The van der Waals surface area contributed by atoms with E-state index in [0.717, 1.165) is 18.2 Å². The number of hydrogen-bond acceptors (Lipinski definition) is 1. The average Bonchev–Trinajstić information content (AvgIpc) is 2.29. The van der Waals surface area contributed by atoms with E-state index in [2.05, 4.69) is 0 Å². The van der Waals surface area contributed by atoms with Crippen molar-refractivity contribution in [1.82, 2.24) is 0 Å². The van der Waals surface area contributed by atoms with Crippen LogP contribution in [0.2, 0.25) is 0 Å². The van der Waals surface area contributed by atoms with E-state index in [9.17, 15) is 21.8 Å². The van der Waals surface area contributed by atoms with Gasteiger partial charge in [0.25, 0.3) is 0 Å². The Bertz CT molecular complexity index is 500. The Morgan fingerprint density at radius 1 is 1.25 bits per heavy atom. The van der Waals surface area contributed by atoms with Crippen LogP contribution >= 0.6 is 0 Å². The summed E-state index contributed by atoms with van der Waals surface area (Å²) in [7, 11) is -1.53. The van der Waals surface area contributed by atoms with E-state index in [1.807, 2.05) is 0 Å². The van der Waals surface area contributed by atoms with Crippen LogP contribution in [0.15, 0.2) is 18.2 Å². The first kappa shape index (κ1) is 17.1. The molecule has 0 aliphatic heterocycles. The van der Waals surface area contributed by atoms with Gasteiger partial charge in [-0.05, 0) is 56.9 Å². The van der Waals surface area contributed by atoms with E-state index in [1.54, 1.807) is 13.8 Å². The molecule has 0 radical (unpaired) electrons. The van der Waals surface area contributed by atoms with Gasteiger partial charge in [0.1, 0.15) is 5.82 Å². The Kier molecular flexibility index (Phi) is 5.32. The number of halogens is 4. The number of aryl methyl sites for hydroxylation is 1. The lowest BCUT2D eigenvalue weighted by Crippen LogP contribution is -2.31. The second kappa shape index (κ2) is 6.22. The summed E-state index contributed by atoms with van der Waals surface area (Å²) in [4.78, 5) is 0. The molecule has 0 spiro atoms. The summed E-state index contributed by atoms with van der Waals surface area (Å²) < 4.78 is 61.7. The fraction of sp³-hybridized carbons (Fsp3) is 0.538. The summed E-state index contributed by atoms with van der Waals surface area (Å²) in [6, 6.07) is 2.36. The molecule has 1 aromatic rings. The van der Waals surface area contributed by atoms with Crippen molar-refractivity contribution in [3.8, 4) is 0 Å². The van der Waals surface area contributed by atoms with E-state index in [-0.39, 0.29) is 12.0 Å². The number of benzene rings is 1. The first-order valence-electron chi connectivity index (χ1n) is 6.06. The Morgan fingerprint density at radius 2 is 1.85 bits per heavy atom. The molecule has 0 aromatic heterocycles. The molecule has 0 fully saturated rings. The zero-order valence-corrected chi connectivity index (χ0v) is 12.1. The number of nitrogens with two attached hydrogens (primary N) is 1. The standard InChI is InChI=1S/C13H17F4NOS/c1-12(2,20(18)19)7-3-4-9-8-10(13(15,16)17)5-6-11(9)14/h5-6,8H,3-4,7,18H2,1-2H3. The van der Waals surface area contributed by atoms with Gasteiger partial charge in [-0.1, -0.05) is 0 Å². The van der Waals surface area contributed by atoms with E-state index >= 15 is 0 Å². The van der Waals surface area contributed by atoms with Crippen LogP contribution in [-0.2, 0) is 23.6 Å². The third-order valence-corrected chi connectivity index (χ3v) is 4.44. The number of rotatable bonds is 5. The molecule has 0 saturated heterocycles. The zero-order chi connectivity index (χ0) is 15.6. The maximum absolute atomic E-state index is 13.5. The summed E-state index contributed by atoms with van der Waals surface area (Å²) >= 11 is 0. The predicted octanol–water partition coefficient (Wildman–Crippen LogP) is 3.57. The van der Waals surface area contributed by atoms with Crippen molar-refractivity contribution in [2.24, 2.45) is 5.14 Å². The monoisotopic (exact) mass is 311 g/mol. The van der Waals surface area contributed by atoms with Crippen LogP contribution in [0.5, 0.6) is 0 Å². The maximum atomic E-state index is 13.5. The van der Waals surface area contributed by atoms with Gasteiger partial charge < -0.3 is 0 Å². The Balaban J connectivity index is 2.76. The van der Waals surface area contributed by atoms with Crippen LogP contribution in [0.25, 0.3) is 0 Å². The average molecular weight is 311 g/mol. The Morgan fingerprint density at radius 3 is 2.35 bits per heavy atom. The molecule has 0 heterocycles. The minimum Gasteiger partial charge on any atom is -0.251 e. The predicted molar refractivity (Wildman–Crippen MR) is 70.7 cm³/mol. The molecule has 0 saturated carbocycles. The first-order chi connectivity index (χ1) is 9.04. The van der Waals surface area contributed by atoms with Crippen LogP contribution in [-0.4, -0.2) is 8.96 Å². The minimum atomic E-state index is -4.49. The van der Waals surface area contributed by atoms with Crippen LogP contribution in [0.3, 0.4) is 0 Å². The van der Waals surface area contributed by atoms with Gasteiger partial charge in [-0.15, -0.1) is 0 Å². The quantitative estimate of drug-likeness (QED) is 0.830. The third-order valence-electron chi connectivity index (χ3n) is 3.14. The van der Waals surface area contributed by atoms with Crippen molar-refractivity contribution in [3.63, 3.8) is 0 Å². The number of hydrogen-bond donors (Lipinski definition) is 1. The van der Waals surface area contributed by atoms with Gasteiger partial charge in [0, 0.05) is 0 Å². The molecule has 0 aliphatic rings. The van der Waals surface area contributed by atoms with E-state index in [0.29, 0.717) is 12.8 Å². The van der Waals surface area contributed by atoms with Crippen LogP contribution in [0.1, 0.15) is 37.8 Å². The van der Waals surface area contributed by atoms with E-state index in [4.69, 9.17) is 5.14 Å². The Labute approximate surface area is 117 Å². The molecule has 7 heteroatoms. The molecule has 0 aliphatic carbocycles. The smallest absolute Gasteiger partial charge is 0.251 e. The molecule has 2 nitrogen and oxygen atoms in total. The van der Waals surface area contributed by atoms with E-state index < -0.39 is 33.3 Å². The van der Waals surface area contributed by atoms with Gasteiger partial charge in [-0.3, -0.25) is 5.14 Å². The molecular formula is C13H17F4NOS. The normalized spacial score (nSPS) is 14.3. The van der Waals surface area contributed by atoms with Crippen LogP contribution < -0.4 is 5.14 Å². The highest BCUT2D eigenvalue weighted by atomic mass is 32.2. The fourth-order valence-electron chi connectivity index (χ4n) is 1.75. The largest absolute Gasteiger partial charge is 0.416 e. The first-order valence-corrected chi connectivity index (χ1v) is 7.27. The van der Waals surface area contributed by atoms with Gasteiger partial charge in [0.05, 0.1) is 21.3 Å². The van der Waals surface area contributed by atoms with Gasteiger partial charge >= 0.3 is 6.18 Å².